The molecule has 4 amide bonds. The van der Waals surface area contributed by atoms with Crippen LogP contribution in [0.1, 0.15) is 27.3 Å². The number of nitrogens with zero attached hydrogens (tertiary/aromatic N) is 2. The van der Waals surface area contributed by atoms with Crippen LogP contribution in [-0.2, 0) is 9.59 Å². The van der Waals surface area contributed by atoms with Gasteiger partial charge in [0.15, 0.2) is 0 Å². The van der Waals surface area contributed by atoms with Crippen LogP contribution < -0.4 is 10.2 Å². The molecule has 3 aromatic rings. The van der Waals surface area contributed by atoms with Crippen LogP contribution in [-0.4, -0.2) is 33.5 Å². The van der Waals surface area contributed by atoms with E-state index in [0.717, 1.165) is 10.6 Å². The molecule has 2 heterocycles. The van der Waals surface area contributed by atoms with Crippen molar-refractivity contribution in [2.24, 2.45) is 0 Å². The summed E-state index contributed by atoms with van der Waals surface area (Å²) in [6.07, 6.45) is 1.44. The van der Waals surface area contributed by atoms with Crippen LogP contribution in [0.25, 0.3) is 11.8 Å². The molecule has 33 heavy (non-hydrogen) atoms. The summed E-state index contributed by atoms with van der Waals surface area (Å²) in [5.74, 6) is -2.64. The van der Waals surface area contributed by atoms with Gasteiger partial charge in [0.1, 0.15) is 5.57 Å². The minimum atomic E-state index is -1.13. The summed E-state index contributed by atoms with van der Waals surface area (Å²) in [5, 5.41) is 11.5. The Balaban J connectivity index is 1.76. The Morgan fingerprint density at radius 1 is 1.00 bits per heavy atom. The Morgan fingerprint density at radius 2 is 1.70 bits per heavy atom. The van der Waals surface area contributed by atoms with E-state index in [1.165, 1.54) is 18.2 Å². The summed E-state index contributed by atoms with van der Waals surface area (Å²) >= 11 is 6.13. The molecule has 0 unspecified atom stereocenters. The van der Waals surface area contributed by atoms with E-state index in [-0.39, 0.29) is 16.2 Å². The monoisotopic (exact) mass is 463 g/mol. The number of para-hydroxylation sites is 1. The number of aromatic carboxylic acids is 1. The highest BCUT2D eigenvalue weighted by molar-refractivity contribution is 6.39. The number of anilines is 1. The number of imide groups is 2. The fourth-order valence-electron chi connectivity index (χ4n) is 3.77. The second-order valence-corrected chi connectivity index (χ2v) is 7.83. The fourth-order valence-corrected chi connectivity index (χ4v) is 4.03. The van der Waals surface area contributed by atoms with Crippen LogP contribution in [0.3, 0.4) is 0 Å². The average Bonchev–Trinajstić information content (AvgIpc) is 3.04. The standard InChI is InChI=1S/C24H18ClN3O5/c1-13-10-15(14(2)27(13)17-8-9-18(23(31)32)20(25)12-17)11-19-21(29)26-24(33)28(22(19)30)16-6-4-3-5-7-16/h3-12H,1-2H3,(H,31,32)(H,26,29,33)/b19-11-. The molecule has 0 saturated carbocycles. The predicted molar refractivity (Wildman–Crippen MR) is 123 cm³/mol. The highest BCUT2D eigenvalue weighted by Crippen LogP contribution is 2.28. The van der Waals surface area contributed by atoms with Crippen molar-refractivity contribution in [3.05, 3.63) is 87.7 Å². The number of barbiturate groups is 1. The van der Waals surface area contributed by atoms with E-state index < -0.39 is 23.8 Å². The lowest BCUT2D eigenvalue weighted by molar-refractivity contribution is -0.122. The summed E-state index contributed by atoms with van der Waals surface area (Å²) in [6.45, 7) is 3.63. The first kappa shape index (κ1) is 22.0. The summed E-state index contributed by atoms with van der Waals surface area (Å²) in [5.41, 5.74) is 2.84. The van der Waals surface area contributed by atoms with Crippen LogP contribution in [0.2, 0.25) is 5.02 Å². The molecule has 0 radical (unpaired) electrons. The number of hydrogen-bond acceptors (Lipinski definition) is 4. The molecule has 4 rings (SSSR count). The van der Waals surface area contributed by atoms with Gasteiger partial charge in [0.2, 0.25) is 0 Å². The van der Waals surface area contributed by atoms with Gasteiger partial charge in [-0.2, -0.15) is 0 Å². The summed E-state index contributed by atoms with van der Waals surface area (Å²) in [6, 6.07) is 13.9. The van der Waals surface area contributed by atoms with Gasteiger partial charge >= 0.3 is 12.0 Å². The first-order valence-corrected chi connectivity index (χ1v) is 10.3. The lowest BCUT2D eigenvalue weighted by Gasteiger charge is -2.26. The molecule has 166 valence electrons. The Bertz CT molecular complexity index is 1360. The number of amides is 4. The normalized spacial score (nSPS) is 15.2. The van der Waals surface area contributed by atoms with Crippen molar-refractivity contribution in [3.63, 3.8) is 0 Å². The predicted octanol–water partition coefficient (Wildman–Crippen LogP) is 4.11. The summed E-state index contributed by atoms with van der Waals surface area (Å²) in [7, 11) is 0. The Labute approximate surface area is 193 Å². The number of carboxylic acids is 1. The second-order valence-electron chi connectivity index (χ2n) is 7.42. The van der Waals surface area contributed by atoms with Gasteiger partial charge in [-0.3, -0.25) is 14.9 Å². The third kappa shape index (κ3) is 3.92. The van der Waals surface area contributed by atoms with Crippen LogP contribution in [0, 0.1) is 13.8 Å². The number of urea groups is 1. The van der Waals surface area contributed by atoms with Crippen LogP contribution in [0.5, 0.6) is 0 Å². The third-order valence-electron chi connectivity index (χ3n) is 5.33. The van der Waals surface area contributed by atoms with Gasteiger partial charge in [-0.15, -0.1) is 0 Å². The Morgan fingerprint density at radius 3 is 2.33 bits per heavy atom. The van der Waals surface area contributed by atoms with E-state index in [0.29, 0.717) is 22.6 Å². The van der Waals surface area contributed by atoms with Crippen LogP contribution >= 0.6 is 11.6 Å². The lowest BCUT2D eigenvalue weighted by Crippen LogP contribution is -2.54. The summed E-state index contributed by atoms with van der Waals surface area (Å²) in [4.78, 5) is 50.0. The van der Waals surface area contributed by atoms with E-state index in [2.05, 4.69) is 5.32 Å². The molecular formula is C24H18ClN3O5. The molecule has 1 aromatic heterocycles. The zero-order valence-electron chi connectivity index (χ0n) is 17.6. The van der Waals surface area contributed by atoms with Gasteiger partial charge in [-0.25, -0.2) is 14.5 Å². The van der Waals surface area contributed by atoms with Crippen molar-refractivity contribution in [2.75, 3.05) is 4.90 Å². The van der Waals surface area contributed by atoms with Crippen molar-refractivity contribution in [1.82, 2.24) is 9.88 Å². The highest BCUT2D eigenvalue weighted by atomic mass is 35.5. The van der Waals surface area contributed by atoms with E-state index >= 15 is 0 Å². The molecule has 8 nitrogen and oxygen atoms in total. The number of carbonyl (C=O) groups is 4. The van der Waals surface area contributed by atoms with E-state index in [4.69, 9.17) is 11.6 Å². The van der Waals surface area contributed by atoms with Gasteiger partial charge in [0.25, 0.3) is 11.8 Å². The molecule has 0 atom stereocenters. The number of carboxylic acid groups (broad SMARTS) is 1. The molecule has 2 N–H and O–H groups in total. The highest BCUT2D eigenvalue weighted by Gasteiger charge is 2.37. The van der Waals surface area contributed by atoms with E-state index in [9.17, 15) is 24.3 Å². The van der Waals surface area contributed by atoms with Gasteiger partial charge in [0.05, 0.1) is 16.3 Å². The van der Waals surface area contributed by atoms with Crippen molar-refractivity contribution >= 4 is 47.2 Å². The average molecular weight is 464 g/mol. The van der Waals surface area contributed by atoms with Crippen molar-refractivity contribution in [2.45, 2.75) is 13.8 Å². The molecule has 0 spiro atoms. The minimum Gasteiger partial charge on any atom is -0.478 e. The number of aromatic nitrogens is 1. The smallest absolute Gasteiger partial charge is 0.337 e. The van der Waals surface area contributed by atoms with Gasteiger partial charge in [-0.05, 0) is 61.9 Å². The SMILES string of the molecule is Cc1cc(/C=C2/C(=O)NC(=O)N(c3ccccc3)C2=O)c(C)n1-c1ccc(C(=O)O)c(Cl)c1. The first-order chi connectivity index (χ1) is 15.7. The molecular weight excluding hydrogens is 446 g/mol. The number of carbonyl (C=O) groups excluding carboxylic acids is 3. The number of nitrogens with one attached hydrogen (secondary N) is 1. The van der Waals surface area contributed by atoms with Crippen molar-refractivity contribution < 1.29 is 24.3 Å². The molecule has 1 saturated heterocycles. The number of benzene rings is 2. The zero-order valence-corrected chi connectivity index (χ0v) is 18.4. The maximum atomic E-state index is 13.1. The zero-order chi connectivity index (χ0) is 23.9. The fraction of sp³-hybridized carbons (Fsp3) is 0.0833. The number of aryl methyl sites for hydroxylation is 1. The summed E-state index contributed by atoms with van der Waals surface area (Å²) < 4.78 is 1.83. The number of hydrogen-bond donors (Lipinski definition) is 2. The van der Waals surface area contributed by atoms with Crippen LogP contribution in [0.4, 0.5) is 10.5 Å². The van der Waals surface area contributed by atoms with E-state index in [1.54, 1.807) is 49.4 Å². The van der Waals surface area contributed by atoms with Gasteiger partial charge in [0, 0.05) is 17.1 Å². The largest absolute Gasteiger partial charge is 0.478 e. The molecule has 0 aliphatic carbocycles. The number of halogens is 1. The first-order valence-electron chi connectivity index (χ1n) is 9.87. The second kappa shape index (κ2) is 8.40. The van der Waals surface area contributed by atoms with Crippen LogP contribution in [0.15, 0.2) is 60.2 Å². The lowest BCUT2D eigenvalue weighted by atomic mass is 10.1. The minimum absolute atomic E-state index is 0.0136. The Kier molecular flexibility index (Phi) is 5.61. The molecule has 2 aromatic carbocycles. The topological polar surface area (TPSA) is 109 Å². The molecule has 1 aliphatic rings. The molecule has 1 fully saturated rings. The van der Waals surface area contributed by atoms with E-state index in [1.807, 2.05) is 11.5 Å². The Hall–Kier alpha value is -4.17. The van der Waals surface area contributed by atoms with Crippen molar-refractivity contribution in [1.29, 1.82) is 0 Å². The van der Waals surface area contributed by atoms with Crippen molar-refractivity contribution in [3.8, 4) is 5.69 Å². The maximum absolute atomic E-state index is 13.1. The third-order valence-corrected chi connectivity index (χ3v) is 5.64. The number of rotatable bonds is 4. The maximum Gasteiger partial charge on any atom is 0.337 e. The van der Waals surface area contributed by atoms with Gasteiger partial charge < -0.3 is 9.67 Å². The quantitative estimate of drug-likeness (QED) is 0.447. The molecule has 0 bridgehead atoms. The van der Waals surface area contributed by atoms with Gasteiger partial charge in [-0.1, -0.05) is 29.8 Å². The molecule has 1 aliphatic heterocycles. The molecule has 9 heteroatoms.